The van der Waals surface area contributed by atoms with Crippen molar-refractivity contribution in [3.63, 3.8) is 0 Å². The molecule has 0 bridgehead atoms. The minimum Gasteiger partial charge on any atom is -0.495 e. The number of anilines is 1. The third-order valence-corrected chi connectivity index (χ3v) is 7.33. The molecular formula is C22H18ClN3O4S2. The molecule has 32 heavy (non-hydrogen) atoms. The number of methoxy groups -OCH3 is 1. The van der Waals surface area contributed by atoms with Crippen LogP contribution in [-0.4, -0.2) is 24.9 Å². The second kappa shape index (κ2) is 9.23. The molecule has 2 heterocycles. The molecule has 4 rings (SSSR count). The first-order valence-electron chi connectivity index (χ1n) is 9.43. The Kier molecular flexibility index (Phi) is 6.40. The lowest BCUT2D eigenvalue weighted by atomic mass is 10.3. The second-order valence-corrected chi connectivity index (χ2v) is 9.81. The van der Waals surface area contributed by atoms with Crippen molar-refractivity contribution < 1.29 is 13.2 Å². The van der Waals surface area contributed by atoms with Crippen LogP contribution in [0.3, 0.4) is 0 Å². The lowest BCUT2D eigenvalue weighted by molar-refractivity contribution is 0.414. The molecule has 1 N–H and O–H groups in total. The summed E-state index contributed by atoms with van der Waals surface area (Å²) in [5.74, 6) is 0.786. The Balaban J connectivity index is 1.57. The number of nitrogens with zero attached hydrogens (tertiary/aromatic N) is 2. The first-order valence-corrected chi connectivity index (χ1v) is 12.3. The summed E-state index contributed by atoms with van der Waals surface area (Å²) in [5, 5.41) is 0.201. The molecule has 10 heteroatoms. The van der Waals surface area contributed by atoms with Gasteiger partial charge in [0.05, 0.1) is 28.4 Å². The van der Waals surface area contributed by atoms with E-state index in [0.717, 1.165) is 0 Å². The zero-order valence-corrected chi connectivity index (χ0v) is 19.2. The van der Waals surface area contributed by atoms with Crippen LogP contribution in [0.5, 0.6) is 5.75 Å². The molecule has 0 radical (unpaired) electrons. The van der Waals surface area contributed by atoms with Crippen LogP contribution >= 0.6 is 23.4 Å². The molecule has 2 aromatic carbocycles. The summed E-state index contributed by atoms with van der Waals surface area (Å²) in [7, 11) is -2.42. The van der Waals surface area contributed by atoms with Gasteiger partial charge in [0.15, 0.2) is 0 Å². The standard InChI is InChI=1S/C22H18ClN3O4S2/c1-30-19-10-9-16(13-17(19)23)32(28,29)25-18-6-2-3-7-20(18)31-14-15-12-22(27)26-11-5-4-8-21(26)24-15/h2-13,25H,14H2,1H3. The van der Waals surface area contributed by atoms with E-state index in [1.54, 1.807) is 36.5 Å². The molecule has 0 amide bonds. The van der Waals surface area contributed by atoms with Gasteiger partial charge in [-0.2, -0.15) is 0 Å². The number of hydrogen-bond acceptors (Lipinski definition) is 6. The predicted octanol–water partition coefficient (Wildman–Crippen LogP) is 4.45. The van der Waals surface area contributed by atoms with Crippen LogP contribution in [0.1, 0.15) is 5.69 Å². The maximum Gasteiger partial charge on any atom is 0.261 e. The van der Waals surface area contributed by atoms with Gasteiger partial charge in [-0.1, -0.05) is 29.8 Å². The minimum atomic E-state index is -3.87. The van der Waals surface area contributed by atoms with E-state index in [1.165, 1.54) is 47.5 Å². The zero-order chi connectivity index (χ0) is 22.7. The molecule has 0 saturated carbocycles. The van der Waals surface area contributed by atoms with Gasteiger partial charge >= 0.3 is 0 Å². The Labute approximate surface area is 194 Å². The van der Waals surface area contributed by atoms with E-state index in [0.29, 0.717) is 33.4 Å². The summed E-state index contributed by atoms with van der Waals surface area (Å²) in [6.45, 7) is 0. The Morgan fingerprint density at radius 2 is 1.88 bits per heavy atom. The van der Waals surface area contributed by atoms with Gasteiger partial charge in [-0.15, -0.1) is 11.8 Å². The van der Waals surface area contributed by atoms with Gasteiger partial charge in [0, 0.05) is 22.9 Å². The van der Waals surface area contributed by atoms with E-state index in [-0.39, 0.29) is 15.5 Å². The van der Waals surface area contributed by atoms with E-state index < -0.39 is 10.0 Å². The molecule has 0 fully saturated rings. The average molecular weight is 488 g/mol. The average Bonchev–Trinajstić information content (AvgIpc) is 2.78. The molecule has 2 aromatic heterocycles. The number of sulfonamides is 1. The lowest BCUT2D eigenvalue weighted by Crippen LogP contribution is -2.15. The van der Waals surface area contributed by atoms with Crippen molar-refractivity contribution in [3.05, 3.63) is 94.0 Å². The van der Waals surface area contributed by atoms with Gasteiger partial charge in [-0.3, -0.25) is 13.9 Å². The predicted molar refractivity (Wildman–Crippen MR) is 126 cm³/mol. The number of para-hydroxylation sites is 1. The highest BCUT2D eigenvalue weighted by Gasteiger charge is 2.18. The molecule has 164 valence electrons. The normalized spacial score (nSPS) is 11.4. The maximum atomic E-state index is 12.9. The zero-order valence-electron chi connectivity index (χ0n) is 16.9. The lowest BCUT2D eigenvalue weighted by Gasteiger charge is -2.13. The van der Waals surface area contributed by atoms with Gasteiger partial charge in [0.25, 0.3) is 15.6 Å². The molecule has 0 saturated heterocycles. The quantitative estimate of drug-likeness (QED) is 0.387. The number of halogens is 1. The molecule has 0 aliphatic rings. The number of rotatable bonds is 7. The number of fused-ring (bicyclic) bond motifs is 1. The number of nitrogens with one attached hydrogen (secondary N) is 1. The number of benzene rings is 2. The van der Waals surface area contributed by atoms with E-state index in [4.69, 9.17) is 16.3 Å². The molecule has 0 unspecified atom stereocenters. The van der Waals surface area contributed by atoms with Crippen LogP contribution in [-0.2, 0) is 15.8 Å². The van der Waals surface area contributed by atoms with Crippen LogP contribution in [0.15, 0.2) is 87.5 Å². The highest BCUT2D eigenvalue weighted by molar-refractivity contribution is 7.98. The molecule has 0 spiro atoms. The smallest absolute Gasteiger partial charge is 0.261 e. The fourth-order valence-electron chi connectivity index (χ4n) is 3.02. The number of hydrogen-bond donors (Lipinski definition) is 1. The third kappa shape index (κ3) is 4.74. The summed E-state index contributed by atoms with van der Waals surface area (Å²) in [5.41, 5.74) is 1.41. The topological polar surface area (TPSA) is 89.8 Å². The van der Waals surface area contributed by atoms with Gasteiger partial charge in [-0.25, -0.2) is 13.4 Å². The number of thioether (sulfide) groups is 1. The Morgan fingerprint density at radius 3 is 2.66 bits per heavy atom. The van der Waals surface area contributed by atoms with Crippen LogP contribution in [0.2, 0.25) is 5.02 Å². The number of ether oxygens (including phenoxy) is 1. The van der Waals surface area contributed by atoms with Crippen LogP contribution in [0.4, 0.5) is 5.69 Å². The van der Waals surface area contributed by atoms with Crippen molar-refractivity contribution in [1.82, 2.24) is 9.38 Å². The Hall–Kier alpha value is -3.01. The highest BCUT2D eigenvalue weighted by Crippen LogP contribution is 2.32. The minimum absolute atomic E-state index is 0.0207. The van der Waals surface area contributed by atoms with Crippen LogP contribution < -0.4 is 15.0 Å². The van der Waals surface area contributed by atoms with Crippen molar-refractivity contribution in [1.29, 1.82) is 0 Å². The summed E-state index contributed by atoms with van der Waals surface area (Å²) in [6.07, 6.45) is 1.66. The van der Waals surface area contributed by atoms with Crippen molar-refractivity contribution in [2.75, 3.05) is 11.8 Å². The van der Waals surface area contributed by atoms with E-state index in [9.17, 15) is 13.2 Å². The van der Waals surface area contributed by atoms with Crippen molar-refractivity contribution in [2.24, 2.45) is 0 Å². The highest BCUT2D eigenvalue weighted by atomic mass is 35.5. The Bertz CT molecular complexity index is 1460. The summed E-state index contributed by atoms with van der Waals surface area (Å²) >= 11 is 7.46. The second-order valence-electron chi connectivity index (χ2n) is 6.70. The Morgan fingerprint density at radius 1 is 1.09 bits per heavy atom. The largest absolute Gasteiger partial charge is 0.495 e. The third-order valence-electron chi connectivity index (χ3n) is 4.56. The van der Waals surface area contributed by atoms with Crippen LogP contribution in [0.25, 0.3) is 5.65 Å². The van der Waals surface area contributed by atoms with Crippen molar-refractivity contribution in [2.45, 2.75) is 15.5 Å². The van der Waals surface area contributed by atoms with Crippen molar-refractivity contribution in [3.8, 4) is 5.75 Å². The first kappa shape index (κ1) is 22.2. The summed E-state index contributed by atoms with van der Waals surface area (Å²) in [6, 6.07) is 18.1. The van der Waals surface area contributed by atoms with Gasteiger partial charge in [0.1, 0.15) is 11.4 Å². The van der Waals surface area contributed by atoms with Crippen molar-refractivity contribution >= 4 is 44.7 Å². The van der Waals surface area contributed by atoms with Gasteiger partial charge in [-0.05, 0) is 42.5 Å². The molecule has 0 aliphatic heterocycles. The fraction of sp³-hybridized carbons (Fsp3) is 0.0909. The monoisotopic (exact) mass is 487 g/mol. The SMILES string of the molecule is COc1ccc(S(=O)(=O)Nc2ccccc2SCc2cc(=O)n3ccccc3n2)cc1Cl. The molecular weight excluding hydrogens is 470 g/mol. The summed E-state index contributed by atoms with van der Waals surface area (Å²) < 4.78 is 34.9. The van der Waals surface area contributed by atoms with E-state index in [1.807, 2.05) is 12.1 Å². The molecule has 7 nitrogen and oxygen atoms in total. The fourth-order valence-corrected chi connectivity index (χ4v) is 5.42. The van der Waals surface area contributed by atoms with Gasteiger partial charge in [0.2, 0.25) is 0 Å². The maximum absolute atomic E-state index is 12.9. The summed E-state index contributed by atoms with van der Waals surface area (Å²) in [4.78, 5) is 17.5. The van der Waals surface area contributed by atoms with Gasteiger partial charge < -0.3 is 4.74 Å². The van der Waals surface area contributed by atoms with Crippen LogP contribution in [0, 0.1) is 0 Å². The molecule has 0 aliphatic carbocycles. The molecule has 4 aromatic rings. The number of aromatic nitrogens is 2. The number of pyridine rings is 1. The molecule has 0 atom stereocenters. The van der Waals surface area contributed by atoms with E-state index in [2.05, 4.69) is 9.71 Å². The van der Waals surface area contributed by atoms with E-state index >= 15 is 0 Å². The first-order chi connectivity index (χ1) is 15.4.